The van der Waals surface area contributed by atoms with Crippen molar-refractivity contribution in [3.05, 3.63) is 40.9 Å². The molecule has 2 aromatic rings. The van der Waals surface area contributed by atoms with Gasteiger partial charge in [-0.05, 0) is 17.5 Å². The Balaban J connectivity index is 1.54. The molecule has 2 aromatic heterocycles. The van der Waals surface area contributed by atoms with E-state index in [1.807, 2.05) is 23.6 Å². The topological polar surface area (TPSA) is 64.6 Å². The van der Waals surface area contributed by atoms with Crippen LogP contribution < -0.4 is 9.47 Å². The largest absolute Gasteiger partial charge is 0.480 e. The van der Waals surface area contributed by atoms with Crippen molar-refractivity contribution >= 4 is 23.3 Å². The van der Waals surface area contributed by atoms with Crippen LogP contribution in [-0.2, 0) is 4.79 Å². The maximum absolute atomic E-state index is 12.2. The maximum Gasteiger partial charge on any atom is 0.246 e. The van der Waals surface area contributed by atoms with Crippen molar-refractivity contribution in [1.82, 2.24) is 14.9 Å². The molecule has 1 fully saturated rings. The quantitative estimate of drug-likeness (QED) is 0.786. The first-order valence-corrected chi connectivity index (χ1v) is 8.16. The Hall–Kier alpha value is -2.41. The Morgan fingerprint density at radius 3 is 3.09 bits per heavy atom. The molecule has 1 aliphatic rings. The van der Waals surface area contributed by atoms with Crippen LogP contribution in [0.5, 0.6) is 11.8 Å². The Morgan fingerprint density at radius 1 is 1.43 bits per heavy atom. The number of methoxy groups -OCH3 is 1. The summed E-state index contributed by atoms with van der Waals surface area (Å²) in [5, 5.41) is 1.99. The first kappa shape index (κ1) is 15.5. The van der Waals surface area contributed by atoms with Gasteiger partial charge in [-0.2, -0.15) is 4.98 Å². The van der Waals surface area contributed by atoms with Crippen molar-refractivity contribution < 1.29 is 14.3 Å². The summed E-state index contributed by atoms with van der Waals surface area (Å²) in [6, 6.07) is 3.94. The van der Waals surface area contributed by atoms with Crippen LogP contribution in [0.4, 0.5) is 0 Å². The van der Waals surface area contributed by atoms with Gasteiger partial charge in [-0.15, -0.1) is 11.3 Å². The van der Waals surface area contributed by atoms with Gasteiger partial charge in [-0.3, -0.25) is 9.78 Å². The summed E-state index contributed by atoms with van der Waals surface area (Å²) in [6.07, 6.45) is 7.22. The van der Waals surface area contributed by atoms with Crippen molar-refractivity contribution in [1.29, 1.82) is 0 Å². The number of likely N-dealkylation sites (tertiary alicyclic amines) is 1. The van der Waals surface area contributed by atoms with Gasteiger partial charge in [0.2, 0.25) is 17.7 Å². The molecule has 0 aromatic carbocycles. The molecule has 7 heteroatoms. The van der Waals surface area contributed by atoms with Crippen molar-refractivity contribution in [2.45, 2.75) is 12.5 Å². The van der Waals surface area contributed by atoms with Crippen LogP contribution in [-0.4, -0.2) is 47.1 Å². The predicted octanol–water partition coefficient (Wildman–Crippen LogP) is 2.24. The first-order valence-electron chi connectivity index (χ1n) is 7.28. The molecule has 0 N–H and O–H groups in total. The lowest BCUT2D eigenvalue weighted by molar-refractivity contribution is -0.125. The molecule has 0 spiro atoms. The number of carbonyl (C=O) groups excluding carboxylic acids is 1. The molecule has 1 atom stereocenters. The number of thiophene rings is 1. The minimum Gasteiger partial charge on any atom is -0.480 e. The van der Waals surface area contributed by atoms with Crippen LogP contribution in [0.2, 0.25) is 0 Å². The number of hydrogen-bond donors (Lipinski definition) is 0. The minimum atomic E-state index is -0.0736. The van der Waals surface area contributed by atoms with Crippen LogP contribution >= 0.6 is 11.3 Å². The molecule has 0 saturated carbocycles. The van der Waals surface area contributed by atoms with Gasteiger partial charge >= 0.3 is 0 Å². The monoisotopic (exact) mass is 331 g/mol. The molecule has 0 bridgehead atoms. The smallest absolute Gasteiger partial charge is 0.246 e. The van der Waals surface area contributed by atoms with Crippen LogP contribution in [0.3, 0.4) is 0 Å². The summed E-state index contributed by atoms with van der Waals surface area (Å²) in [5.74, 6) is 0.825. The molecule has 1 unspecified atom stereocenters. The van der Waals surface area contributed by atoms with Gasteiger partial charge in [0, 0.05) is 23.9 Å². The van der Waals surface area contributed by atoms with E-state index < -0.39 is 0 Å². The Bertz CT molecular complexity index is 688. The second kappa shape index (κ2) is 7.23. The average molecular weight is 331 g/mol. The molecule has 1 aliphatic heterocycles. The third kappa shape index (κ3) is 4.07. The normalized spacial score (nSPS) is 17.6. The Kier molecular flexibility index (Phi) is 4.87. The molecular weight excluding hydrogens is 314 g/mol. The van der Waals surface area contributed by atoms with Crippen molar-refractivity contribution in [2.75, 3.05) is 20.2 Å². The number of carbonyl (C=O) groups is 1. The van der Waals surface area contributed by atoms with Crippen LogP contribution in [0.1, 0.15) is 11.3 Å². The fourth-order valence-electron chi connectivity index (χ4n) is 2.33. The molecule has 6 nitrogen and oxygen atoms in total. The zero-order valence-electron chi connectivity index (χ0n) is 12.7. The van der Waals surface area contributed by atoms with Crippen LogP contribution in [0.25, 0.3) is 6.08 Å². The lowest BCUT2D eigenvalue weighted by Crippen LogP contribution is -2.29. The summed E-state index contributed by atoms with van der Waals surface area (Å²) >= 11 is 1.60. The summed E-state index contributed by atoms with van der Waals surface area (Å²) < 4.78 is 10.8. The van der Waals surface area contributed by atoms with E-state index in [4.69, 9.17) is 9.47 Å². The van der Waals surface area contributed by atoms with Gasteiger partial charge in [-0.25, -0.2) is 0 Å². The number of amides is 1. The molecule has 0 aliphatic carbocycles. The van der Waals surface area contributed by atoms with Gasteiger partial charge < -0.3 is 14.4 Å². The van der Waals surface area contributed by atoms with E-state index in [2.05, 4.69) is 9.97 Å². The zero-order chi connectivity index (χ0) is 16.1. The third-order valence-electron chi connectivity index (χ3n) is 3.48. The number of nitrogens with zero attached hydrogens (tertiary/aromatic N) is 3. The molecule has 0 radical (unpaired) electrons. The van der Waals surface area contributed by atoms with Gasteiger partial charge in [0.1, 0.15) is 6.10 Å². The Morgan fingerprint density at radius 2 is 2.30 bits per heavy atom. The fourth-order valence-corrected chi connectivity index (χ4v) is 2.94. The zero-order valence-corrected chi connectivity index (χ0v) is 13.5. The van der Waals surface area contributed by atoms with Crippen molar-refractivity contribution in [3.63, 3.8) is 0 Å². The number of hydrogen-bond acceptors (Lipinski definition) is 6. The highest BCUT2D eigenvalue weighted by Crippen LogP contribution is 2.18. The van der Waals surface area contributed by atoms with Gasteiger partial charge in [0.15, 0.2) is 0 Å². The lowest BCUT2D eigenvalue weighted by atomic mass is 10.3. The van der Waals surface area contributed by atoms with Crippen molar-refractivity contribution in [2.24, 2.45) is 0 Å². The maximum atomic E-state index is 12.2. The van der Waals surface area contributed by atoms with Gasteiger partial charge in [0.05, 0.1) is 26.0 Å². The molecule has 3 heterocycles. The predicted molar refractivity (Wildman–Crippen MR) is 87.6 cm³/mol. The number of ether oxygens (including phenoxy) is 2. The molecule has 23 heavy (non-hydrogen) atoms. The summed E-state index contributed by atoms with van der Waals surface area (Å²) in [7, 11) is 1.53. The summed E-state index contributed by atoms with van der Waals surface area (Å²) in [5.41, 5.74) is 0. The Labute approximate surface area is 138 Å². The van der Waals surface area contributed by atoms with Gasteiger partial charge in [0.25, 0.3) is 0 Å². The highest BCUT2D eigenvalue weighted by molar-refractivity contribution is 7.10. The van der Waals surface area contributed by atoms with E-state index in [1.165, 1.54) is 13.3 Å². The van der Waals surface area contributed by atoms with E-state index >= 15 is 0 Å². The average Bonchev–Trinajstić information content (AvgIpc) is 3.24. The molecule has 1 amide bonds. The summed E-state index contributed by atoms with van der Waals surface area (Å²) in [6.45, 7) is 1.22. The van der Waals surface area contributed by atoms with E-state index in [0.717, 1.165) is 11.3 Å². The summed E-state index contributed by atoms with van der Waals surface area (Å²) in [4.78, 5) is 23.2. The van der Waals surface area contributed by atoms with Crippen LogP contribution in [0, 0.1) is 0 Å². The van der Waals surface area contributed by atoms with Gasteiger partial charge in [-0.1, -0.05) is 6.07 Å². The number of rotatable bonds is 5. The van der Waals surface area contributed by atoms with E-state index in [-0.39, 0.29) is 12.0 Å². The molecular formula is C16H17N3O3S. The minimum absolute atomic E-state index is 0.00114. The van der Waals surface area contributed by atoms with Crippen LogP contribution in [0.15, 0.2) is 36.0 Å². The van der Waals surface area contributed by atoms with E-state index in [0.29, 0.717) is 24.8 Å². The molecule has 3 rings (SSSR count). The van der Waals surface area contributed by atoms with Crippen molar-refractivity contribution in [3.8, 4) is 11.8 Å². The first-order chi connectivity index (χ1) is 11.2. The third-order valence-corrected chi connectivity index (χ3v) is 4.31. The molecule has 120 valence electrons. The fraction of sp³-hybridized carbons (Fsp3) is 0.312. The second-order valence-corrected chi connectivity index (χ2v) is 6.04. The number of aromatic nitrogens is 2. The highest BCUT2D eigenvalue weighted by Gasteiger charge is 2.26. The SMILES string of the molecule is COc1cncc(OC2CCN(C(=O)C=Cc3cccs3)C2)n1. The standard InChI is InChI=1S/C16H17N3O3S/c1-21-14-9-17-10-15(18-14)22-12-6-7-19(11-12)16(20)5-4-13-3-2-8-23-13/h2-5,8-10,12H,6-7,11H2,1H3. The van der Waals surface area contributed by atoms with E-state index in [9.17, 15) is 4.79 Å². The molecule has 1 saturated heterocycles. The highest BCUT2D eigenvalue weighted by atomic mass is 32.1. The second-order valence-electron chi connectivity index (χ2n) is 5.06. The van der Waals surface area contributed by atoms with E-state index in [1.54, 1.807) is 28.5 Å². The lowest BCUT2D eigenvalue weighted by Gasteiger charge is -2.15.